The van der Waals surface area contributed by atoms with Crippen molar-refractivity contribution < 1.29 is 24.5 Å². The summed E-state index contributed by atoms with van der Waals surface area (Å²) in [4.78, 5) is 39.6. The van der Waals surface area contributed by atoms with Crippen LogP contribution < -0.4 is 11.2 Å². The van der Waals surface area contributed by atoms with Crippen LogP contribution in [-0.4, -0.2) is 82.6 Å². The van der Waals surface area contributed by atoms with Gasteiger partial charge in [0.15, 0.2) is 12.0 Å². The highest BCUT2D eigenvalue weighted by Crippen LogP contribution is 2.30. The van der Waals surface area contributed by atoms with Crippen LogP contribution in [0.2, 0.25) is 0 Å². The third kappa shape index (κ3) is 4.65. The number of aliphatic hydroxyl groups is 2. The normalized spacial score (nSPS) is 25.8. The summed E-state index contributed by atoms with van der Waals surface area (Å²) in [6, 6.07) is 0. The van der Waals surface area contributed by atoms with E-state index in [9.17, 15) is 24.6 Å². The number of nitrogens with zero attached hydrogens (tertiary/aromatic N) is 2. The number of Topliss-reactive ketones (excluding diaryl/α,β-unsaturated/α-hetero) is 1. The topological polar surface area (TPSA) is 134 Å². The Hall–Kier alpha value is -1.85. The molecule has 0 aromatic carbocycles. The van der Waals surface area contributed by atoms with Crippen molar-refractivity contribution in [3.8, 4) is 0 Å². The first kappa shape index (κ1) is 20.5. The molecule has 0 radical (unpaired) electrons. The van der Waals surface area contributed by atoms with Crippen LogP contribution >= 0.6 is 0 Å². The lowest BCUT2D eigenvalue weighted by Crippen LogP contribution is -2.40. The van der Waals surface area contributed by atoms with Crippen LogP contribution in [0.15, 0.2) is 15.8 Å². The molecular formula is C16H25N3O7. The average Bonchev–Trinajstić information content (AvgIpc) is 2.90. The number of aromatic nitrogens is 2. The number of aryl methyl sites for hydroxylation is 1. The minimum Gasteiger partial charge on any atom is -0.394 e. The molecule has 146 valence electrons. The number of hydrogen-bond donors (Lipinski definition) is 3. The lowest BCUT2D eigenvalue weighted by Gasteiger charge is -2.22. The molecule has 1 aliphatic rings. The van der Waals surface area contributed by atoms with E-state index in [1.54, 1.807) is 0 Å². The molecule has 26 heavy (non-hydrogen) atoms. The Morgan fingerprint density at radius 3 is 2.73 bits per heavy atom. The molecule has 0 amide bonds. The van der Waals surface area contributed by atoms with Crippen LogP contribution in [0.3, 0.4) is 0 Å². The van der Waals surface area contributed by atoms with Crippen molar-refractivity contribution in [2.45, 2.75) is 37.9 Å². The van der Waals surface area contributed by atoms with Crippen molar-refractivity contribution in [1.82, 2.24) is 14.5 Å². The second kappa shape index (κ2) is 8.69. The van der Waals surface area contributed by atoms with Gasteiger partial charge < -0.3 is 24.6 Å². The monoisotopic (exact) mass is 371 g/mol. The summed E-state index contributed by atoms with van der Waals surface area (Å²) in [5, 5.41) is 19.7. The molecule has 1 aromatic rings. The second-order valence-corrected chi connectivity index (χ2v) is 6.58. The maximum Gasteiger partial charge on any atom is 0.330 e. The number of aliphatic hydroxyl groups excluding tert-OH is 2. The van der Waals surface area contributed by atoms with Gasteiger partial charge in [-0.25, -0.2) is 4.79 Å². The van der Waals surface area contributed by atoms with Crippen LogP contribution in [0.5, 0.6) is 0 Å². The number of aromatic amines is 1. The highest BCUT2D eigenvalue weighted by molar-refractivity contribution is 5.79. The van der Waals surface area contributed by atoms with Crippen LogP contribution in [-0.2, 0) is 14.3 Å². The first-order valence-corrected chi connectivity index (χ1v) is 8.29. The summed E-state index contributed by atoms with van der Waals surface area (Å²) >= 11 is 0. The molecule has 10 nitrogen and oxygen atoms in total. The predicted molar refractivity (Wildman–Crippen MR) is 91.0 cm³/mol. The van der Waals surface area contributed by atoms with Gasteiger partial charge in [-0.1, -0.05) is 0 Å². The minimum absolute atomic E-state index is 0.165. The zero-order valence-electron chi connectivity index (χ0n) is 15.0. The largest absolute Gasteiger partial charge is 0.394 e. The minimum atomic E-state index is -1.23. The number of ketones is 1. The quantitative estimate of drug-likeness (QED) is 0.478. The molecule has 3 N–H and O–H groups in total. The molecule has 1 fully saturated rings. The van der Waals surface area contributed by atoms with Crippen LogP contribution in [0, 0.1) is 6.92 Å². The Kier molecular flexibility index (Phi) is 6.84. The summed E-state index contributed by atoms with van der Waals surface area (Å²) in [5.74, 6) is -0.165. The highest BCUT2D eigenvalue weighted by Gasteiger charge is 2.46. The Morgan fingerprint density at radius 2 is 2.12 bits per heavy atom. The third-order valence-electron chi connectivity index (χ3n) is 4.19. The zero-order chi connectivity index (χ0) is 19.4. The molecule has 1 aliphatic heterocycles. The van der Waals surface area contributed by atoms with E-state index >= 15 is 0 Å². The molecule has 0 aliphatic carbocycles. The Morgan fingerprint density at radius 1 is 1.42 bits per heavy atom. The summed E-state index contributed by atoms with van der Waals surface area (Å²) in [6.45, 7) is 1.34. The van der Waals surface area contributed by atoms with E-state index in [1.807, 2.05) is 19.0 Å². The number of nitrogens with one attached hydrogen (secondary N) is 1. The lowest BCUT2D eigenvalue weighted by atomic mass is 10.1. The van der Waals surface area contributed by atoms with Gasteiger partial charge in [0.25, 0.3) is 5.56 Å². The summed E-state index contributed by atoms with van der Waals surface area (Å²) in [5.41, 5.74) is -0.986. The number of rotatable bonds is 8. The van der Waals surface area contributed by atoms with Crippen molar-refractivity contribution in [2.75, 3.05) is 33.9 Å². The van der Waals surface area contributed by atoms with E-state index in [0.717, 1.165) is 4.57 Å². The van der Waals surface area contributed by atoms with Crippen LogP contribution in [0.1, 0.15) is 18.2 Å². The average molecular weight is 371 g/mol. The maximum atomic E-state index is 12.1. The predicted octanol–water partition coefficient (Wildman–Crippen LogP) is -2.00. The summed E-state index contributed by atoms with van der Waals surface area (Å²) in [6.07, 6.45) is -2.75. The molecule has 4 atom stereocenters. The van der Waals surface area contributed by atoms with Crippen LogP contribution in [0.25, 0.3) is 0 Å². The smallest absolute Gasteiger partial charge is 0.330 e. The second-order valence-electron chi connectivity index (χ2n) is 6.58. The lowest BCUT2D eigenvalue weighted by molar-refractivity contribution is -0.131. The van der Waals surface area contributed by atoms with Gasteiger partial charge in [-0.3, -0.25) is 19.1 Å². The summed E-state index contributed by atoms with van der Waals surface area (Å²) < 4.78 is 12.1. The molecular weight excluding hydrogens is 346 g/mol. The van der Waals surface area contributed by atoms with Crippen molar-refractivity contribution in [2.24, 2.45) is 0 Å². The van der Waals surface area contributed by atoms with E-state index in [1.165, 1.54) is 13.1 Å². The van der Waals surface area contributed by atoms with E-state index in [2.05, 4.69) is 4.98 Å². The molecule has 2 heterocycles. The van der Waals surface area contributed by atoms with Gasteiger partial charge in [0.1, 0.15) is 24.9 Å². The van der Waals surface area contributed by atoms with Gasteiger partial charge in [-0.15, -0.1) is 0 Å². The number of ether oxygens (including phenoxy) is 2. The van der Waals surface area contributed by atoms with Crippen molar-refractivity contribution >= 4 is 5.78 Å². The zero-order valence-corrected chi connectivity index (χ0v) is 15.0. The molecule has 1 saturated heterocycles. The number of carbonyl (C=O) groups is 1. The van der Waals surface area contributed by atoms with Crippen molar-refractivity contribution in [1.29, 1.82) is 0 Å². The fourth-order valence-electron chi connectivity index (χ4n) is 2.66. The van der Waals surface area contributed by atoms with Crippen LogP contribution in [0.4, 0.5) is 0 Å². The fourth-order valence-corrected chi connectivity index (χ4v) is 2.66. The molecule has 10 heteroatoms. The third-order valence-corrected chi connectivity index (χ3v) is 4.19. The van der Waals surface area contributed by atoms with E-state index in [-0.39, 0.29) is 24.4 Å². The molecule has 0 bridgehead atoms. The van der Waals surface area contributed by atoms with Gasteiger partial charge in [0.2, 0.25) is 0 Å². The maximum absolute atomic E-state index is 12.1. The summed E-state index contributed by atoms with van der Waals surface area (Å²) in [7, 11) is 3.69. The number of H-pyrrole nitrogens is 1. The molecule has 1 aromatic heterocycles. The number of carbonyl (C=O) groups excluding carboxylic acids is 1. The van der Waals surface area contributed by atoms with E-state index in [4.69, 9.17) is 9.47 Å². The molecule has 0 unspecified atom stereocenters. The first-order chi connectivity index (χ1) is 12.2. The van der Waals surface area contributed by atoms with Crippen molar-refractivity contribution in [3.63, 3.8) is 0 Å². The SMILES string of the molecule is Cc1cn([C@@H]2O[C@H](CO)[C@@H](O)[C@H]2OCC(=O)CCN(C)C)c(=O)[nH]c1=O. The van der Waals surface area contributed by atoms with Gasteiger partial charge in [-0.05, 0) is 21.0 Å². The molecule has 2 rings (SSSR count). The Balaban J connectivity index is 2.18. The Bertz CT molecular complexity index is 742. The van der Waals surface area contributed by atoms with Crippen molar-refractivity contribution in [3.05, 3.63) is 32.6 Å². The van der Waals surface area contributed by atoms with E-state index in [0.29, 0.717) is 6.54 Å². The standard InChI is InChI=1S/C16H25N3O7/c1-9-6-19(16(24)17-14(9)23)15-13(12(22)11(7-20)26-15)25-8-10(21)4-5-18(2)3/h6,11-13,15,20,22H,4-5,7-8H2,1-3H3,(H,17,23,24)/t11-,12-,13-,15-/m1/s1. The van der Waals surface area contributed by atoms with Gasteiger partial charge >= 0.3 is 5.69 Å². The van der Waals surface area contributed by atoms with Gasteiger partial charge in [-0.2, -0.15) is 0 Å². The highest BCUT2D eigenvalue weighted by atomic mass is 16.6. The van der Waals surface area contributed by atoms with Gasteiger partial charge in [0.05, 0.1) is 6.61 Å². The first-order valence-electron chi connectivity index (χ1n) is 8.29. The molecule has 0 spiro atoms. The van der Waals surface area contributed by atoms with E-state index < -0.39 is 42.4 Å². The molecule has 0 saturated carbocycles. The van der Waals surface area contributed by atoms with Gasteiger partial charge in [0, 0.05) is 24.7 Å². The fraction of sp³-hybridized carbons (Fsp3) is 0.688. The number of hydrogen-bond acceptors (Lipinski definition) is 8. The Labute approximate surface area is 150 Å².